The average Bonchev–Trinajstić information content (AvgIpc) is 2.58. The summed E-state index contributed by atoms with van der Waals surface area (Å²) in [5, 5.41) is 5.94. The van der Waals surface area contributed by atoms with Crippen molar-refractivity contribution < 1.29 is 9.59 Å². The molecule has 0 saturated heterocycles. The largest absolute Gasteiger partial charge is 0.343 e. The third kappa shape index (κ3) is 5.01. The minimum Gasteiger partial charge on any atom is -0.343 e. The fourth-order valence-electron chi connectivity index (χ4n) is 2.12. The van der Waals surface area contributed by atoms with Crippen LogP contribution < -0.4 is 10.6 Å². The molecule has 0 radical (unpaired) electrons. The lowest BCUT2D eigenvalue weighted by molar-refractivity contribution is -0.115. The number of anilines is 1. The molecule has 4 nitrogen and oxygen atoms in total. The summed E-state index contributed by atoms with van der Waals surface area (Å²) in [7, 11) is 0. The van der Waals surface area contributed by atoms with Gasteiger partial charge in [0.25, 0.3) is 5.91 Å². The lowest BCUT2D eigenvalue weighted by Gasteiger charge is -2.10. The summed E-state index contributed by atoms with van der Waals surface area (Å²) < 4.78 is 0. The highest BCUT2D eigenvalue weighted by Gasteiger charge is 2.10. The number of amides is 2. The van der Waals surface area contributed by atoms with E-state index in [0.29, 0.717) is 16.3 Å². The first kappa shape index (κ1) is 18.4. The predicted molar refractivity (Wildman–Crippen MR) is 101 cm³/mol. The number of hydrogen-bond acceptors (Lipinski definition) is 3. The van der Waals surface area contributed by atoms with E-state index in [4.69, 9.17) is 11.6 Å². The number of carbonyl (C=O) groups is 2. The summed E-state index contributed by atoms with van der Waals surface area (Å²) in [6.07, 6.45) is 2.03. The van der Waals surface area contributed by atoms with Crippen LogP contribution in [0.1, 0.15) is 21.5 Å². The van der Waals surface area contributed by atoms with E-state index in [1.54, 1.807) is 42.1 Å². The normalized spacial score (nSPS) is 10.3. The molecule has 2 amide bonds. The number of carbonyl (C=O) groups excluding carboxylic acids is 2. The molecule has 2 aromatic rings. The van der Waals surface area contributed by atoms with Crippen LogP contribution in [0, 0.1) is 6.92 Å². The van der Waals surface area contributed by atoms with Gasteiger partial charge in [0.1, 0.15) is 0 Å². The fourth-order valence-corrected chi connectivity index (χ4v) is 2.82. The summed E-state index contributed by atoms with van der Waals surface area (Å²) in [4.78, 5) is 24.1. The Balaban J connectivity index is 1.89. The molecule has 0 heterocycles. The second kappa shape index (κ2) is 8.76. The molecule has 0 aliphatic carbocycles. The fraction of sp³-hybridized carbons (Fsp3) is 0.222. The van der Waals surface area contributed by atoms with Gasteiger partial charge in [-0.2, -0.15) is 11.8 Å². The Hall–Kier alpha value is -1.98. The van der Waals surface area contributed by atoms with E-state index in [1.165, 1.54) is 0 Å². The van der Waals surface area contributed by atoms with Gasteiger partial charge >= 0.3 is 0 Å². The van der Waals surface area contributed by atoms with Gasteiger partial charge in [0.15, 0.2) is 0 Å². The maximum Gasteiger partial charge on any atom is 0.251 e. The van der Waals surface area contributed by atoms with Crippen molar-refractivity contribution in [1.29, 1.82) is 0 Å². The molecule has 0 bridgehead atoms. The first-order chi connectivity index (χ1) is 11.5. The maximum atomic E-state index is 12.1. The number of nitrogens with one attached hydrogen (secondary N) is 2. The Bertz CT molecular complexity index is 732. The molecule has 2 N–H and O–H groups in total. The van der Waals surface area contributed by atoms with Crippen LogP contribution >= 0.6 is 23.4 Å². The minimum absolute atomic E-state index is 0.0999. The van der Waals surface area contributed by atoms with Gasteiger partial charge < -0.3 is 10.6 Å². The van der Waals surface area contributed by atoms with Crippen LogP contribution in [-0.2, 0) is 10.5 Å². The number of rotatable bonds is 6. The van der Waals surface area contributed by atoms with Crippen LogP contribution in [-0.4, -0.2) is 24.6 Å². The summed E-state index contributed by atoms with van der Waals surface area (Å²) in [6, 6.07) is 12.7. The smallest absolute Gasteiger partial charge is 0.251 e. The quantitative estimate of drug-likeness (QED) is 0.819. The molecule has 0 unspecified atom stereocenters. The second-order valence-electron chi connectivity index (χ2n) is 5.27. The number of halogens is 1. The molecular formula is C18H19ClN2O2S. The van der Waals surface area contributed by atoms with Gasteiger partial charge in [0.2, 0.25) is 5.91 Å². The SMILES string of the molecule is CSCc1ccc(C(=O)NCC(=O)Nc2cccc(Cl)c2C)cc1. The van der Waals surface area contributed by atoms with Gasteiger partial charge in [-0.05, 0) is 48.6 Å². The summed E-state index contributed by atoms with van der Waals surface area (Å²) in [6.45, 7) is 1.73. The van der Waals surface area contributed by atoms with Crippen LogP contribution in [0.3, 0.4) is 0 Å². The summed E-state index contributed by atoms with van der Waals surface area (Å²) in [5.41, 5.74) is 3.13. The number of thioether (sulfide) groups is 1. The van der Waals surface area contributed by atoms with E-state index in [1.807, 2.05) is 25.3 Å². The molecule has 0 atom stereocenters. The first-order valence-corrected chi connectivity index (χ1v) is 9.19. The van der Waals surface area contributed by atoms with Gasteiger partial charge in [-0.3, -0.25) is 9.59 Å². The lowest BCUT2D eigenvalue weighted by atomic mass is 10.1. The van der Waals surface area contributed by atoms with Crippen LogP contribution in [0.25, 0.3) is 0 Å². The van der Waals surface area contributed by atoms with Crippen LogP contribution in [0.4, 0.5) is 5.69 Å². The van der Waals surface area contributed by atoms with Gasteiger partial charge in [0, 0.05) is 22.0 Å². The monoisotopic (exact) mass is 362 g/mol. The van der Waals surface area contributed by atoms with Gasteiger partial charge in [-0.15, -0.1) is 0 Å². The molecule has 24 heavy (non-hydrogen) atoms. The Labute approximate surface area is 151 Å². The molecule has 126 valence electrons. The van der Waals surface area contributed by atoms with Crippen LogP contribution in [0.5, 0.6) is 0 Å². The summed E-state index contributed by atoms with van der Waals surface area (Å²) >= 11 is 7.74. The third-order valence-electron chi connectivity index (χ3n) is 3.48. The third-order valence-corrected chi connectivity index (χ3v) is 4.51. The van der Waals surface area contributed by atoms with Crippen LogP contribution in [0.2, 0.25) is 5.02 Å². The molecule has 0 aromatic heterocycles. The Morgan fingerprint density at radius 1 is 1.12 bits per heavy atom. The van der Waals surface area contributed by atoms with Crippen molar-refractivity contribution in [2.75, 3.05) is 18.1 Å². The minimum atomic E-state index is -0.298. The van der Waals surface area contributed by atoms with E-state index in [-0.39, 0.29) is 18.4 Å². The van der Waals surface area contributed by atoms with Gasteiger partial charge in [-0.25, -0.2) is 0 Å². The molecular weight excluding hydrogens is 344 g/mol. The average molecular weight is 363 g/mol. The van der Waals surface area contributed by atoms with E-state index in [2.05, 4.69) is 10.6 Å². The highest BCUT2D eigenvalue weighted by atomic mass is 35.5. The molecule has 2 rings (SSSR count). The second-order valence-corrected chi connectivity index (χ2v) is 6.55. The Morgan fingerprint density at radius 2 is 1.83 bits per heavy atom. The van der Waals surface area contributed by atoms with E-state index >= 15 is 0 Å². The molecule has 0 saturated carbocycles. The van der Waals surface area contributed by atoms with Crippen LogP contribution in [0.15, 0.2) is 42.5 Å². The number of hydrogen-bond donors (Lipinski definition) is 2. The van der Waals surface area contributed by atoms with Crippen molar-refractivity contribution >= 4 is 40.9 Å². The van der Waals surface area contributed by atoms with Crippen molar-refractivity contribution in [3.8, 4) is 0 Å². The topological polar surface area (TPSA) is 58.2 Å². The Morgan fingerprint density at radius 3 is 2.50 bits per heavy atom. The van der Waals surface area contributed by atoms with Crippen molar-refractivity contribution in [1.82, 2.24) is 5.32 Å². The zero-order valence-corrected chi connectivity index (χ0v) is 15.1. The molecule has 2 aromatic carbocycles. The van der Waals surface area contributed by atoms with Crippen molar-refractivity contribution in [3.05, 3.63) is 64.2 Å². The van der Waals surface area contributed by atoms with E-state index in [0.717, 1.165) is 16.9 Å². The molecule has 6 heteroatoms. The molecule has 0 aliphatic heterocycles. The van der Waals surface area contributed by atoms with Gasteiger partial charge in [-0.1, -0.05) is 29.8 Å². The standard InChI is InChI=1S/C18H19ClN2O2S/c1-12-15(19)4-3-5-16(12)21-17(22)10-20-18(23)14-8-6-13(7-9-14)11-24-2/h3-9H,10-11H2,1-2H3,(H,20,23)(H,21,22). The molecule has 0 fully saturated rings. The predicted octanol–water partition coefficient (Wildman–Crippen LogP) is 3.88. The van der Waals surface area contributed by atoms with E-state index < -0.39 is 0 Å². The zero-order valence-electron chi connectivity index (χ0n) is 13.6. The summed E-state index contributed by atoms with van der Waals surface area (Å²) in [5.74, 6) is 0.333. The maximum absolute atomic E-state index is 12.1. The highest BCUT2D eigenvalue weighted by Crippen LogP contribution is 2.22. The zero-order chi connectivity index (χ0) is 17.5. The Kier molecular flexibility index (Phi) is 6.70. The van der Waals surface area contributed by atoms with Crippen molar-refractivity contribution in [3.63, 3.8) is 0 Å². The number of benzene rings is 2. The highest BCUT2D eigenvalue weighted by molar-refractivity contribution is 7.97. The van der Waals surface area contributed by atoms with Crippen molar-refractivity contribution in [2.45, 2.75) is 12.7 Å². The van der Waals surface area contributed by atoms with Crippen molar-refractivity contribution in [2.24, 2.45) is 0 Å². The first-order valence-electron chi connectivity index (χ1n) is 7.42. The lowest BCUT2D eigenvalue weighted by Crippen LogP contribution is -2.33. The van der Waals surface area contributed by atoms with E-state index in [9.17, 15) is 9.59 Å². The van der Waals surface area contributed by atoms with Gasteiger partial charge in [0.05, 0.1) is 6.54 Å². The molecule has 0 aliphatic rings. The molecule has 0 spiro atoms.